The van der Waals surface area contributed by atoms with Crippen LogP contribution in [0, 0.1) is 0 Å². The molecule has 0 aliphatic carbocycles. The van der Waals surface area contributed by atoms with E-state index in [2.05, 4.69) is 155 Å². The van der Waals surface area contributed by atoms with Gasteiger partial charge in [-0.05, 0) is 68.2 Å². The van der Waals surface area contributed by atoms with Crippen molar-refractivity contribution in [3.8, 4) is 0 Å². The van der Waals surface area contributed by atoms with Crippen molar-refractivity contribution in [2.24, 2.45) is 9.98 Å². The van der Waals surface area contributed by atoms with Gasteiger partial charge in [-0.15, -0.1) is 0 Å². The van der Waals surface area contributed by atoms with E-state index in [1.165, 1.54) is 54.1 Å². The zero-order chi connectivity index (χ0) is 32.3. The monoisotopic (exact) mass is 629 g/mol. The minimum atomic E-state index is -0.266. The number of nitrogens with zero attached hydrogens (tertiary/aromatic N) is 3. The molecule has 0 amide bonds. The highest BCUT2D eigenvalue weighted by Gasteiger charge is 2.25. The molecular formula is C44H31N5. The van der Waals surface area contributed by atoms with Crippen molar-refractivity contribution in [1.82, 2.24) is 15.2 Å². The van der Waals surface area contributed by atoms with Crippen molar-refractivity contribution in [1.29, 1.82) is 0 Å². The first-order valence-electron chi connectivity index (χ1n) is 16.7. The average Bonchev–Trinajstić information content (AvgIpc) is 3.53. The first-order valence-corrected chi connectivity index (χ1v) is 16.7. The summed E-state index contributed by atoms with van der Waals surface area (Å²) in [6.45, 7) is 0.618. The number of benzene rings is 7. The Morgan fingerprint density at radius 2 is 1.18 bits per heavy atom. The molecule has 0 saturated carbocycles. The second-order valence-electron chi connectivity index (χ2n) is 12.7. The zero-order valence-corrected chi connectivity index (χ0v) is 26.6. The van der Waals surface area contributed by atoms with Crippen LogP contribution < -0.4 is 10.6 Å². The molecule has 0 saturated heterocycles. The maximum Gasteiger partial charge on any atom is 0.159 e. The Hall–Kier alpha value is -6.46. The summed E-state index contributed by atoms with van der Waals surface area (Å²) in [6, 6.07) is 51.6. The fourth-order valence-corrected chi connectivity index (χ4v) is 7.48. The first kappa shape index (κ1) is 27.6. The highest BCUT2D eigenvalue weighted by atomic mass is 15.2. The maximum atomic E-state index is 5.10. The van der Waals surface area contributed by atoms with E-state index >= 15 is 0 Å². The van der Waals surface area contributed by atoms with Crippen molar-refractivity contribution >= 4 is 71.6 Å². The highest BCUT2D eigenvalue weighted by molar-refractivity contribution is 6.28. The Morgan fingerprint density at radius 3 is 1.86 bits per heavy atom. The summed E-state index contributed by atoms with van der Waals surface area (Å²) in [7, 11) is 0. The standard InChI is InChI=1S/C44H31N5/c1-2-13-31(14-3-1)42-46-43(33-19-18-28-10-4-5-15-32(28)26-33)48-44(47-42)34-22-25-39(45-27-34)49-37-23-20-29-11-6-8-16-35(29)40(37)41-36-17-9-7-12-30(36)21-24-38(41)49/h1-26,43,45H,27H2,(H,46,47,48). The molecule has 2 aliphatic rings. The second kappa shape index (κ2) is 11.1. The number of fused-ring (bicyclic) bond motifs is 8. The molecule has 0 bridgehead atoms. The molecule has 0 spiro atoms. The highest BCUT2D eigenvalue weighted by Crippen LogP contribution is 2.40. The number of rotatable bonds is 4. The van der Waals surface area contributed by atoms with Gasteiger partial charge in [0.25, 0.3) is 0 Å². The summed E-state index contributed by atoms with van der Waals surface area (Å²) in [5.41, 5.74) is 5.55. The number of aromatic nitrogens is 1. The van der Waals surface area contributed by atoms with E-state index in [0.29, 0.717) is 6.54 Å². The molecule has 232 valence electrons. The maximum absolute atomic E-state index is 5.10. The summed E-state index contributed by atoms with van der Waals surface area (Å²) >= 11 is 0. The zero-order valence-electron chi connectivity index (χ0n) is 26.6. The number of nitrogens with one attached hydrogen (secondary N) is 2. The minimum Gasteiger partial charge on any atom is -0.367 e. The van der Waals surface area contributed by atoms with Gasteiger partial charge in [-0.25, -0.2) is 9.98 Å². The number of dihydropyridines is 1. The van der Waals surface area contributed by atoms with Crippen LogP contribution in [0.1, 0.15) is 17.3 Å². The van der Waals surface area contributed by atoms with Crippen molar-refractivity contribution in [2.45, 2.75) is 6.17 Å². The van der Waals surface area contributed by atoms with E-state index in [4.69, 9.17) is 9.98 Å². The van der Waals surface area contributed by atoms with Crippen LogP contribution in [0.15, 0.2) is 173 Å². The molecule has 1 unspecified atom stereocenters. The lowest BCUT2D eigenvalue weighted by Gasteiger charge is -2.27. The van der Waals surface area contributed by atoms with Gasteiger partial charge in [0.15, 0.2) is 5.84 Å². The lowest BCUT2D eigenvalue weighted by molar-refractivity contribution is 0.672. The third-order valence-electron chi connectivity index (χ3n) is 9.86. The molecule has 8 aromatic rings. The number of aliphatic imine (C=N–C) groups is 2. The Balaban J connectivity index is 1.10. The van der Waals surface area contributed by atoms with Crippen LogP contribution in [-0.2, 0) is 0 Å². The van der Waals surface area contributed by atoms with E-state index in [-0.39, 0.29) is 6.17 Å². The molecule has 7 aromatic carbocycles. The van der Waals surface area contributed by atoms with Crippen LogP contribution in [0.25, 0.3) is 59.9 Å². The number of amidine groups is 2. The lowest BCUT2D eigenvalue weighted by atomic mass is 10.00. The number of hydrogen-bond acceptors (Lipinski definition) is 4. The smallest absolute Gasteiger partial charge is 0.159 e. The van der Waals surface area contributed by atoms with Gasteiger partial charge < -0.3 is 10.6 Å². The Labute approximate surface area is 283 Å². The Bertz CT molecular complexity index is 2650. The van der Waals surface area contributed by atoms with Gasteiger partial charge in [0.05, 0.1) is 11.0 Å². The Kier molecular flexibility index (Phi) is 6.24. The quantitative estimate of drug-likeness (QED) is 0.204. The summed E-state index contributed by atoms with van der Waals surface area (Å²) in [5, 5.41) is 17.4. The molecule has 2 aliphatic heterocycles. The molecule has 2 N–H and O–H groups in total. The van der Waals surface area contributed by atoms with Gasteiger partial charge in [0.2, 0.25) is 0 Å². The first-order chi connectivity index (χ1) is 24.3. The predicted molar refractivity (Wildman–Crippen MR) is 205 cm³/mol. The summed E-state index contributed by atoms with van der Waals surface area (Å²) in [6.07, 6.45) is 4.12. The van der Waals surface area contributed by atoms with E-state index in [1.807, 2.05) is 18.2 Å². The van der Waals surface area contributed by atoms with Crippen LogP contribution in [0.3, 0.4) is 0 Å². The Morgan fingerprint density at radius 1 is 0.571 bits per heavy atom. The molecule has 3 heterocycles. The SMILES string of the molecule is C1=C(C2=NC(c3ccccc3)=NC(c3ccc4ccccc4c3)N2)CNC(n2c3ccc4ccccc4c3c3c4ccccc4ccc32)=C1. The van der Waals surface area contributed by atoms with E-state index in [9.17, 15) is 0 Å². The average molecular weight is 630 g/mol. The number of allylic oxidation sites excluding steroid dienone is 2. The molecule has 49 heavy (non-hydrogen) atoms. The summed E-state index contributed by atoms with van der Waals surface area (Å²) in [4.78, 5) is 10.2. The van der Waals surface area contributed by atoms with Crippen LogP contribution in [-0.4, -0.2) is 22.8 Å². The third kappa shape index (κ3) is 4.54. The lowest BCUT2D eigenvalue weighted by Crippen LogP contribution is -2.37. The second-order valence-corrected chi connectivity index (χ2v) is 12.7. The van der Waals surface area contributed by atoms with E-state index in [1.54, 1.807) is 0 Å². The molecule has 1 aromatic heterocycles. The minimum absolute atomic E-state index is 0.266. The topological polar surface area (TPSA) is 53.7 Å². The normalized spacial score (nSPS) is 16.3. The molecule has 5 heteroatoms. The van der Waals surface area contributed by atoms with E-state index < -0.39 is 0 Å². The van der Waals surface area contributed by atoms with Gasteiger partial charge in [-0.2, -0.15) is 0 Å². The molecular weight excluding hydrogens is 599 g/mol. The van der Waals surface area contributed by atoms with Crippen molar-refractivity contribution < 1.29 is 0 Å². The van der Waals surface area contributed by atoms with Gasteiger partial charge in [-0.1, -0.05) is 127 Å². The fraction of sp³-hybridized carbons (Fsp3) is 0.0455. The summed E-state index contributed by atoms with van der Waals surface area (Å²) in [5.74, 6) is 2.59. The fourth-order valence-electron chi connectivity index (χ4n) is 7.48. The largest absolute Gasteiger partial charge is 0.367 e. The molecule has 1 atom stereocenters. The third-order valence-corrected chi connectivity index (χ3v) is 9.86. The van der Waals surface area contributed by atoms with Crippen LogP contribution in [0.2, 0.25) is 0 Å². The van der Waals surface area contributed by atoms with Gasteiger partial charge >= 0.3 is 0 Å². The predicted octanol–water partition coefficient (Wildman–Crippen LogP) is 9.73. The van der Waals surface area contributed by atoms with Crippen molar-refractivity contribution in [3.05, 3.63) is 174 Å². The van der Waals surface area contributed by atoms with Crippen LogP contribution in [0.4, 0.5) is 0 Å². The van der Waals surface area contributed by atoms with Gasteiger partial charge in [-0.3, -0.25) is 4.57 Å². The summed E-state index contributed by atoms with van der Waals surface area (Å²) < 4.78 is 2.38. The van der Waals surface area contributed by atoms with E-state index in [0.717, 1.165) is 34.2 Å². The van der Waals surface area contributed by atoms with Gasteiger partial charge in [0.1, 0.15) is 17.8 Å². The van der Waals surface area contributed by atoms with Crippen LogP contribution in [0.5, 0.6) is 0 Å². The molecule has 5 nitrogen and oxygen atoms in total. The van der Waals surface area contributed by atoms with Crippen molar-refractivity contribution in [3.63, 3.8) is 0 Å². The van der Waals surface area contributed by atoms with Crippen molar-refractivity contribution in [2.75, 3.05) is 6.54 Å². The molecule has 0 fully saturated rings. The van der Waals surface area contributed by atoms with Gasteiger partial charge in [0, 0.05) is 28.5 Å². The number of hydrogen-bond donors (Lipinski definition) is 2. The van der Waals surface area contributed by atoms with Crippen LogP contribution >= 0.6 is 0 Å². The molecule has 10 rings (SSSR count). The molecule has 0 radical (unpaired) electrons.